The lowest BCUT2D eigenvalue weighted by Crippen LogP contribution is -2.12. The summed E-state index contributed by atoms with van der Waals surface area (Å²) in [7, 11) is 0. The van der Waals surface area contributed by atoms with Crippen molar-refractivity contribution < 1.29 is 9.47 Å². The third kappa shape index (κ3) is 3.83. The Morgan fingerprint density at radius 2 is 1.36 bits per heavy atom. The fourth-order valence-electron chi connectivity index (χ4n) is 3.11. The summed E-state index contributed by atoms with van der Waals surface area (Å²) in [6, 6.07) is 26.2. The van der Waals surface area contributed by atoms with E-state index in [1.165, 1.54) is 12.0 Å². The second-order valence-corrected chi connectivity index (χ2v) is 6.19. The van der Waals surface area contributed by atoms with Crippen LogP contribution < -0.4 is 14.8 Å². The molecule has 1 aliphatic rings. The smallest absolute Gasteiger partial charge is 0.170 e. The largest absolute Gasteiger partial charge is 0.453 e. The third-order valence-corrected chi connectivity index (χ3v) is 4.37. The van der Waals surface area contributed by atoms with Gasteiger partial charge in [0, 0.05) is 6.04 Å². The van der Waals surface area contributed by atoms with E-state index in [-0.39, 0.29) is 0 Å². The van der Waals surface area contributed by atoms with Gasteiger partial charge in [-0.1, -0.05) is 42.5 Å². The topological polar surface area (TPSA) is 30.5 Å². The van der Waals surface area contributed by atoms with Crippen molar-refractivity contribution >= 4 is 0 Å². The van der Waals surface area contributed by atoms with Crippen LogP contribution in [0.1, 0.15) is 24.4 Å². The first-order valence-corrected chi connectivity index (χ1v) is 8.72. The molecule has 1 saturated heterocycles. The van der Waals surface area contributed by atoms with Crippen LogP contribution in [-0.4, -0.2) is 6.54 Å². The molecule has 0 radical (unpaired) electrons. The molecule has 1 atom stereocenters. The predicted molar refractivity (Wildman–Crippen MR) is 99.5 cm³/mol. The molecule has 0 spiro atoms. The van der Waals surface area contributed by atoms with E-state index in [0.29, 0.717) is 6.04 Å². The van der Waals surface area contributed by atoms with Gasteiger partial charge in [-0.3, -0.25) is 0 Å². The van der Waals surface area contributed by atoms with E-state index in [1.54, 1.807) is 0 Å². The maximum atomic E-state index is 6.13. The second kappa shape index (κ2) is 7.41. The van der Waals surface area contributed by atoms with Crippen LogP contribution in [0.5, 0.6) is 23.0 Å². The molecule has 4 rings (SSSR count). The highest BCUT2D eigenvalue weighted by atomic mass is 16.5. The summed E-state index contributed by atoms with van der Waals surface area (Å²) < 4.78 is 12.2. The van der Waals surface area contributed by atoms with Gasteiger partial charge < -0.3 is 14.8 Å². The Labute approximate surface area is 148 Å². The Bertz CT molecular complexity index is 812. The summed E-state index contributed by atoms with van der Waals surface area (Å²) in [6.45, 7) is 1.07. The Morgan fingerprint density at radius 3 is 1.96 bits per heavy atom. The Hall–Kier alpha value is -2.78. The molecule has 3 aromatic rings. The molecule has 0 bridgehead atoms. The van der Waals surface area contributed by atoms with Crippen molar-refractivity contribution in [1.82, 2.24) is 5.32 Å². The molecule has 0 saturated carbocycles. The van der Waals surface area contributed by atoms with Crippen LogP contribution in [0.4, 0.5) is 0 Å². The van der Waals surface area contributed by atoms with Crippen LogP contribution in [0.25, 0.3) is 0 Å². The van der Waals surface area contributed by atoms with Gasteiger partial charge in [-0.05, 0) is 61.3 Å². The summed E-state index contributed by atoms with van der Waals surface area (Å²) >= 11 is 0. The Kier molecular flexibility index (Phi) is 4.66. The van der Waals surface area contributed by atoms with E-state index >= 15 is 0 Å². The lowest BCUT2D eigenvalue weighted by molar-refractivity contribution is 0.417. The van der Waals surface area contributed by atoms with Gasteiger partial charge in [0.25, 0.3) is 0 Å². The molecule has 0 unspecified atom stereocenters. The molecule has 3 aromatic carbocycles. The molecule has 1 heterocycles. The molecule has 0 amide bonds. The highest BCUT2D eigenvalue weighted by molar-refractivity contribution is 5.48. The number of hydrogen-bond donors (Lipinski definition) is 1. The number of benzene rings is 3. The number of nitrogens with one attached hydrogen (secondary N) is 1. The fourth-order valence-corrected chi connectivity index (χ4v) is 3.11. The van der Waals surface area contributed by atoms with Crippen molar-refractivity contribution in [1.29, 1.82) is 0 Å². The standard InChI is InChI=1S/C22H21NO2/c1-3-8-18(9-4-1)24-21-14-13-17(20-12-7-15-23-20)16-22(21)25-19-10-5-2-6-11-19/h1-6,8-11,13-14,16,20,23H,7,12,15H2/t20-/m1/s1. The van der Waals surface area contributed by atoms with Gasteiger partial charge in [-0.2, -0.15) is 0 Å². The summed E-state index contributed by atoms with van der Waals surface area (Å²) in [4.78, 5) is 0. The summed E-state index contributed by atoms with van der Waals surface area (Å²) in [5, 5.41) is 3.54. The number of ether oxygens (including phenoxy) is 2. The number of para-hydroxylation sites is 2. The zero-order chi connectivity index (χ0) is 16.9. The highest BCUT2D eigenvalue weighted by Crippen LogP contribution is 2.38. The van der Waals surface area contributed by atoms with Crippen molar-refractivity contribution in [2.75, 3.05) is 6.54 Å². The quantitative estimate of drug-likeness (QED) is 0.651. The van der Waals surface area contributed by atoms with Crippen LogP contribution in [-0.2, 0) is 0 Å². The molecular formula is C22H21NO2. The van der Waals surface area contributed by atoms with Gasteiger partial charge in [-0.25, -0.2) is 0 Å². The molecule has 1 aliphatic heterocycles. The maximum Gasteiger partial charge on any atom is 0.170 e. The lowest BCUT2D eigenvalue weighted by Gasteiger charge is -2.16. The zero-order valence-corrected chi connectivity index (χ0v) is 14.0. The third-order valence-electron chi connectivity index (χ3n) is 4.37. The van der Waals surface area contributed by atoms with Crippen LogP contribution in [0.2, 0.25) is 0 Å². The van der Waals surface area contributed by atoms with Crippen molar-refractivity contribution in [2.24, 2.45) is 0 Å². The first kappa shape index (κ1) is 15.7. The van der Waals surface area contributed by atoms with E-state index in [4.69, 9.17) is 9.47 Å². The van der Waals surface area contributed by atoms with E-state index in [1.807, 2.05) is 66.7 Å². The summed E-state index contributed by atoms with van der Waals surface area (Å²) in [5.41, 5.74) is 1.24. The van der Waals surface area contributed by atoms with Gasteiger partial charge in [0.1, 0.15) is 11.5 Å². The first-order valence-electron chi connectivity index (χ1n) is 8.72. The van der Waals surface area contributed by atoms with Gasteiger partial charge in [-0.15, -0.1) is 0 Å². The predicted octanol–water partition coefficient (Wildman–Crippen LogP) is 5.70. The lowest BCUT2D eigenvalue weighted by atomic mass is 10.0. The van der Waals surface area contributed by atoms with Gasteiger partial charge >= 0.3 is 0 Å². The fraction of sp³-hybridized carbons (Fsp3) is 0.182. The van der Waals surface area contributed by atoms with E-state index < -0.39 is 0 Å². The van der Waals surface area contributed by atoms with Crippen molar-refractivity contribution in [3.05, 3.63) is 84.4 Å². The van der Waals surface area contributed by atoms with Crippen LogP contribution in [0.15, 0.2) is 78.9 Å². The van der Waals surface area contributed by atoms with Gasteiger partial charge in [0.15, 0.2) is 11.5 Å². The maximum absolute atomic E-state index is 6.13. The highest BCUT2D eigenvalue weighted by Gasteiger charge is 2.18. The molecular weight excluding hydrogens is 310 g/mol. The molecule has 3 heteroatoms. The average Bonchev–Trinajstić information content (AvgIpc) is 3.20. The Morgan fingerprint density at radius 1 is 0.720 bits per heavy atom. The second-order valence-electron chi connectivity index (χ2n) is 6.19. The molecule has 0 aliphatic carbocycles. The number of rotatable bonds is 5. The minimum absolute atomic E-state index is 0.392. The SMILES string of the molecule is c1ccc(Oc2ccc([C@H]3CCCN3)cc2Oc2ccccc2)cc1. The Balaban J connectivity index is 1.66. The zero-order valence-electron chi connectivity index (χ0n) is 14.0. The first-order chi connectivity index (χ1) is 12.4. The van der Waals surface area contributed by atoms with Crippen LogP contribution >= 0.6 is 0 Å². The summed E-state index contributed by atoms with van der Waals surface area (Å²) in [6.07, 6.45) is 2.37. The van der Waals surface area contributed by atoms with E-state index in [2.05, 4.69) is 17.4 Å². The molecule has 126 valence electrons. The van der Waals surface area contributed by atoms with Gasteiger partial charge in [0.2, 0.25) is 0 Å². The molecule has 1 fully saturated rings. The van der Waals surface area contributed by atoms with E-state index in [9.17, 15) is 0 Å². The average molecular weight is 331 g/mol. The molecule has 1 N–H and O–H groups in total. The van der Waals surface area contributed by atoms with Crippen molar-refractivity contribution in [3.63, 3.8) is 0 Å². The van der Waals surface area contributed by atoms with Crippen LogP contribution in [0.3, 0.4) is 0 Å². The minimum atomic E-state index is 0.392. The minimum Gasteiger partial charge on any atom is -0.453 e. The monoisotopic (exact) mass is 331 g/mol. The normalized spacial score (nSPS) is 16.6. The van der Waals surface area contributed by atoms with E-state index in [0.717, 1.165) is 36.0 Å². The molecule has 0 aromatic heterocycles. The van der Waals surface area contributed by atoms with Gasteiger partial charge in [0.05, 0.1) is 0 Å². The van der Waals surface area contributed by atoms with Crippen molar-refractivity contribution in [2.45, 2.75) is 18.9 Å². The molecule has 25 heavy (non-hydrogen) atoms. The van der Waals surface area contributed by atoms with Crippen LogP contribution in [0, 0.1) is 0 Å². The number of hydrogen-bond acceptors (Lipinski definition) is 3. The molecule has 3 nitrogen and oxygen atoms in total. The van der Waals surface area contributed by atoms with Crippen molar-refractivity contribution in [3.8, 4) is 23.0 Å². The summed E-state index contributed by atoms with van der Waals surface area (Å²) in [5.74, 6) is 3.06.